The lowest BCUT2D eigenvalue weighted by atomic mass is 10.0. The molecule has 3 rings (SSSR count). The summed E-state index contributed by atoms with van der Waals surface area (Å²) in [6.45, 7) is 4.52. The number of nitrogens with one attached hydrogen (secondary N) is 1. The van der Waals surface area contributed by atoms with Crippen LogP contribution in [0.15, 0.2) is 24.3 Å². The first-order valence-corrected chi connectivity index (χ1v) is 8.47. The molecule has 2 atom stereocenters. The summed E-state index contributed by atoms with van der Waals surface area (Å²) in [4.78, 5) is 40.3. The second kappa shape index (κ2) is 6.84. The third kappa shape index (κ3) is 3.11. The Balaban J connectivity index is 1.87. The Morgan fingerprint density at radius 2 is 1.96 bits per heavy atom. The average molecular weight is 345 g/mol. The van der Waals surface area contributed by atoms with Crippen molar-refractivity contribution in [2.75, 3.05) is 25.2 Å². The number of rotatable bonds is 4. The number of anilines is 1. The number of hydrogen-bond donors (Lipinski definition) is 1. The third-order valence-corrected chi connectivity index (χ3v) is 4.79. The van der Waals surface area contributed by atoms with Gasteiger partial charge in [-0.2, -0.15) is 0 Å². The van der Waals surface area contributed by atoms with E-state index in [2.05, 4.69) is 19.2 Å². The zero-order valence-electron chi connectivity index (χ0n) is 14.7. The van der Waals surface area contributed by atoms with Crippen LogP contribution in [0.25, 0.3) is 0 Å². The summed E-state index contributed by atoms with van der Waals surface area (Å²) in [7, 11) is 1.44. The Hall–Kier alpha value is -2.41. The molecule has 7 nitrogen and oxygen atoms in total. The number of hydrogen-bond acceptors (Lipinski definition) is 4. The minimum Gasteiger partial charge on any atom is -0.375 e. The molecule has 2 aliphatic heterocycles. The molecule has 0 unspecified atom stereocenters. The second-order valence-corrected chi connectivity index (χ2v) is 6.73. The number of carbonyl (C=O) groups excluding carboxylic acids is 3. The van der Waals surface area contributed by atoms with Gasteiger partial charge in [-0.25, -0.2) is 9.69 Å². The first kappa shape index (κ1) is 17.4. The number of imide groups is 1. The maximum atomic E-state index is 13.0. The maximum Gasteiger partial charge on any atom is 0.329 e. The minimum atomic E-state index is -0.676. The van der Waals surface area contributed by atoms with E-state index >= 15 is 0 Å². The van der Waals surface area contributed by atoms with Crippen molar-refractivity contribution in [2.45, 2.75) is 38.3 Å². The molecule has 0 spiro atoms. The van der Waals surface area contributed by atoms with Crippen LogP contribution in [0.2, 0.25) is 0 Å². The lowest BCUT2D eigenvalue weighted by Gasteiger charge is -2.36. The van der Waals surface area contributed by atoms with Crippen LogP contribution in [-0.2, 0) is 14.3 Å². The van der Waals surface area contributed by atoms with Gasteiger partial charge in [-0.3, -0.25) is 9.59 Å². The fourth-order valence-corrected chi connectivity index (χ4v) is 3.44. The summed E-state index contributed by atoms with van der Waals surface area (Å²) in [6, 6.07) is 5.90. The van der Waals surface area contributed by atoms with Gasteiger partial charge in [-0.15, -0.1) is 0 Å². The summed E-state index contributed by atoms with van der Waals surface area (Å²) >= 11 is 0. The molecular formula is C18H23N3O4. The molecule has 7 heteroatoms. The summed E-state index contributed by atoms with van der Waals surface area (Å²) < 4.78 is 4.90. The first-order valence-electron chi connectivity index (χ1n) is 8.47. The summed E-state index contributed by atoms with van der Waals surface area (Å²) in [5.41, 5.74) is 1.64. The van der Waals surface area contributed by atoms with Gasteiger partial charge in [0, 0.05) is 13.7 Å². The molecule has 2 saturated heterocycles. The molecular weight excluding hydrogens is 322 g/mol. The van der Waals surface area contributed by atoms with Crippen molar-refractivity contribution in [3.05, 3.63) is 29.8 Å². The predicted molar refractivity (Wildman–Crippen MR) is 92.3 cm³/mol. The van der Waals surface area contributed by atoms with Crippen LogP contribution < -0.4 is 10.2 Å². The zero-order chi connectivity index (χ0) is 18.1. The van der Waals surface area contributed by atoms with Crippen LogP contribution in [0, 0.1) is 0 Å². The zero-order valence-corrected chi connectivity index (χ0v) is 14.7. The van der Waals surface area contributed by atoms with E-state index in [0.717, 1.165) is 10.5 Å². The maximum absolute atomic E-state index is 13.0. The lowest BCUT2D eigenvalue weighted by Crippen LogP contribution is -2.65. The number of methoxy groups -OCH3 is 1. The van der Waals surface area contributed by atoms with Crippen LogP contribution in [-0.4, -0.2) is 55.1 Å². The van der Waals surface area contributed by atoms with E-state index in [1.54, 1.807) is 12.1 Å². The smallest absolute Gasteiger partial charge is 0.329 e. The Kier molecular flexibility index (Phi) is 4.76. The number of ether oxygens (including phenoxy) is 1. The highest BCUT2D eigenvalue weighted by molar-refractivity contribution is 6.19. The number of nitrogens with zero attached hydrogens (tertiary/aromatic N) is 2. The van der Waals surface area contributed by atoms with Gasteiger partial charge in [-0.1, -0.05) is 26.0 Å². The number of urea groups is 1. The van der Waals surface area contributed by atoms with E-state index in [9.17, 15) is 14.4 Å². The van der Waals surface area contributed by atoms with Crippen molar-refractivity contribution in [1.29, 1.82) is 0 Å². The van der Waals surface area contributed by atoms with Gasteiger partial charge in [0.2, 0.25) is 5.91 Å². The number of likely N-dealkylation sites (tertiary alicyclic amines) is 1. The van der Waals surface area contributed by atoms with E-state index in [4.69, 9.17) is 4.74 Å². The molecule has 25 heavy (non-hydrogen) atoms. The van der Waals surface area contributed by atoms with Crippen molar-refractivity contribution in [3.63, 3.8) is 0 Å². The van der Waals surface area contributed by atoms with Gasteiger partial charge in [0.25, 0.3) is 5.91 Å². The summed E-state index contributed by atoms with van der Waals surface area (Å²) in [5, 5.41) is 2.85. The third-order valence-electron chi connectivity index (χ3n) is 4.79. The fraction of sp³-hybridized carbons (Fsp3) is 0.500. The van der Waals surface area contributed by atoms with Gasteiger partial charge in [-0.05, 0) is 30.0 Å². The molecule has 134 valence electrons. The number of amides is 4. The SMILES string of the molecule is COCC(=O)N1CC[C@H]2NC(=O)N(c3ccc(C(C)C)cc3)C(=O)[C@H]21. The molecule has 1 aromatic rings. The van der Waals surface area contributed by atoms with Crippen molar-refractivity contribution < 1.29 is 19.1 Å². The van der Waals surface area contributed by atoms with Crippen LogP contribution in [0.3, 0.4) is 0 Å². The van der Waals surface area contributed by atoms with Gasteiger partial charge >= 0.3 is 6.03 Å². The molecule has 0 aromatic heterocycles. The van der Waals surface area contributed by atoms with Crippen LogP contribution in [0.5, 0.6) is 0 Å². The second-order valence-electron chi connectivity index (χ2n) is 6.73. The van der Waals surface area contributed by atoms with Gasteiger partial charge < -0.3 is 15.0 Å². The van der Waals surface area contributed by atoms with E-state index in [0.29, 0.717) is 24.6 Å². The molecule has 2 fully saturated rings. The Morgan fingerprint density at radius 1 is 1.28 bits per heavy atom. The highest BCUT2D eigenvalue weighted by atomic mass is 16.5. The predicted octanol–water partition coefficient (Wildman–Crippen LogP) is 1.48. The van der Waals surface area contributed by atoms with Gasteiger partial charge in [0.15, 0.2) is 0 Å². The fourth-order valence-electron chi connectivity index (χ4n) is 3.44. The van der Waals surface area contributed by atoms with Crippen molar-refractivity contribution >= 4 is 23.5 Å². The van der Waals surface area contributed by atoms with E-state index in [1.807, 2.05) is 12.1 Å². The van der Waals surface area contributed by atoms with E-state index in [1.165, 1.54) is 12.0 Å². The van der Waals surface area contributed by atoms with Crippen LogP contribution in [0.4, 0.5) is 10.5 Å². The molecule has 1 N–H and O–H groups in total. The van der Waals surface area contributed by atoms with E-state index in [-0.39, 0.29) is 24.5 Å². The average Bonchev–Trinajstić information content (AvgIpc) is 2.99. The molecule has 4 amide bonds. The lowest BCUT2D eigenvalue weighted by molar-refractivity contribution is -0.140. The topological polar surface area (TPSA) is 79.0 Å². The first-order chi connectivity index (χ1) is 11.9. The van der Waals surface area contributed by atoms with Crippen LogP contribution in [0.1, 0.15) is 31.7 Å². The molecule has 0 aliphatic carbocycles. The van der Waals surface area contributed by atoms with Crippen molar-refractivity contribution in [2.24, 2.45) is 0 Å². The van der Waals surface area contributed by atoms with E-state index < -0.39 is 12.1 Å². The molecule has 0 bridgehead atoms. The van der Waals surface area contributed by atoms with Gasteiger partial charge in [0.05, 0.1) is 11.7 Å². The Bertz CT molecular complexity index is 686. The molecule has 0 saturated carbocycles. The molecule has 2 heterocycles. The molecule has 1 aromatic carbocycles. The highest BCUT2D eigenvalue weighted by Gasteiger charge is 2.49. The molecule has 0 radical (unpaired) electrons. The van der Waals surface area contributed by atoms with Crippen molar-refractivity contribution in [1.82, 2.24) is 10.2 Å². The van der Waals surface area contributed by atoms with Gasteiger partial charge in [0.1, 0.15) is 12.6 Å². The normalized spacial score (nSPS) is 23.0. The van der Waals surface area contributed by atoms with Crippen LogP contribution >= 0.6 is 0 Å². The summed E-state index contributed by atoms with van der Waals surface area (Å²) in [5.74, 6) is -0.246. The summed E-state index contributed by atoms with van der Waals surface area (Å²) in [6.07, 6.45) is 0.567. The Labute approximate surface area is 146 Å². The monoisotopic (exact) mass is 345 g/mol. The van der Waals surface area contributed by atoms with Crippen molar-refractivity contribution in [3.8, 4) is 0 Å². The number of benzene rings is 1. The Morgan fingerprint density at radius 3 is 2.56 bits per heavy atom. The highest BCUT2D eigenvalue weighted by Crippen LogP contribution is 2.28. The quantitative estimate of drug-likeness (QED) is 0.896. The number of carbonyl (C=O) groups is 3. The largest absolute Gasteiger partial charge is 0.375 e. The molecule has 2 aliphatic rings. The minimum absolute atomic E-state index is 0.0759. The number of fused-ring (bicyclic) bond motifs is 1. The standard InChI is InChI=1S/C18H23N3O4/c1-11(2)12-4-6-13(7-5-12)21-17(23)16-14(19-18(21)24)8-9-20(16)15(22)10-25-3/h4-7,11,14,16H,8-10H2,1-3H3,(H,19,24)/t14-,16+/m1/s1.